The first-order chi connectivity index (χ1) is 6.16. The lowest BCUT2D eigenvalue weighted by Gasteiger charge is -1.86. The van der Waals surface area contributed by atoms with E-state index in [-0.39, 0.29) is 0 Å². The number of aromatic nitrogens is 3. The van der Waals surface area contributed by atoms with Gasteiger partial charge in [0.2, 0.25) is 11.8 Å². The van der Waals surface area contributed by atoms with Crippen molar-refractivity contribution in [1.29, 1.82) is 0 Å². The molecule has 2 N–H and O–H groups in total. The summed E-state index contributed by atoms with van der Waals surface area (Å²) in [7, 11) is 1.73. The highest BCUT2D eigenvalue weighted by Crippen LogP contribution is 2.22. The number of anilines is 1. The first-order valence-corrected chi connectivity index (χ1v) is 4.38. The van der Waals surface area contributed by atoms with Gasteiger partial charge in [-0.3, -0.25) is 0 Å². The second-order valence-electron chi connectivity index (χ2n) is 2.52. The van der Waals surface area contributed by atoms with E-state index in [0.29, 0.717) is 22.2 Å². The highest BCUT2D eigenvalue weighted by atomic mass is 79.9. The van der Waals surface area contributed by atoms with Gasteiger partial charge >= 0.3 is 0 Å². The number of hydrogen-bond acceptors (Lipinski definition) is 4. The molecule has 2 heterocycles. The van der Waals surface area contributed by atoms with E-state index in [1.807, 2.05) is 0 Å². The molecule has 0 amide bonds. The van der Waals surface area contributed by atoms with Gasteiger partial charge in [0.1, 0.15) is 0 Å². The van der Waals surface area contributed by atoms with E-state index in [1.54, 1.807) is 19.2 Å². The molecule has 0 radical (unpaired) electrons. The van der Waals surface area contributed by atoms with Gasteiger partial charge in [-0.05, 0) is 28.1 Å². The van der Waals surface area contributed by atoms with Gasteiger partial charge in [-0.15, -0.1) is 5.10 Å². The molecule has 68 valence electrons. The number of nitrogens with two attached hydrogens (primary N) is 1. The normalized spacial score (nSPS) is 10.6. The smallest absolute Gasteiger partial charge is 0.218 e. The summed E-state index contributed by atoms with van der Waals surface area (Å²) in [6.07, 6.45) is 0. The average Bonchev–Trinajstić information content (AvgIpc) is 2.61. The molecule has 0 atom stereocenters. The Kier molecular flexibility index (Phi) is 1.84. The maximum absolute atomic E-state index is 5.52. The van der Waals surface area contributed by atoms with Crippen LogP contribution in [-0.4, -0.2) is 14.8 Å². The van der Waals surface area contributed by atoms with Gasteiger partial charge < -0.3 is 10.2 Å². The van der Waals surface area contributed by atoms with Crippen molar-refractivity contribution < 1.29 is 4.42 Å². The Bertz CT molecular complexity index is 414. The highest BCUT2D eigenvalue weighted by molar-refractivity contribution is 9.10. The molecule has 2 aromatic heterocycles. The Balaban J connectivity index is 2.46. The summed E-state index contributed by atoms with van der Waals surface area (Å²) in [4.78, 5) is 4.01. The van der Waals surface area contributed by atoms with Crippen LogP contribution in [0.25, 0.3) is 11.6 Å². The van der Waals surface area contributed by atoms with Crippen LogP contribution in [0.3, 0.4) is 0 Å². The second kappa shape index (κ2) is 2.88. The Morgan fingerprint density at radius 1 is 1.54 bits per heavy atom. The van der Waals surface area contributed by atoms with E-state index < -0.39 is 0 Å². The van der Waals surface area contributed by atoms with Crippen molar-refractivity contribution in [3.63, 3.8) is 0 Å². The van der Waals surface area contributed by atoms with Crippen molar-refractivity contribution >= 4 is 21.9 Å². The lowest BCUT2D eigenvalue weighted by molar-refractivity contribution is 0.550. The Labute approximate surface area is 82.7 Å². The highest BCUT2D eigenvalue weighted by Gasteiger charge is 2.09. The summed E-state index contributed by atoms with van der Waals surface area (Å²) >= 11 is 3.19. The third-order valence-corrected chi connectivity index (χ3v) is 2.02. The second-order valence-corrected chi connectivity index (χ2v) is 3.30. The van der Waals surface area contributed by atoms with Crippen LogP contribution >= 0.6 is 15.9 Å². The van der Waals surface area contributed by atoms with Crippen molar-refractivity contribution in [3.05, 3.63) is 16.8 Å². The molecule has 0 fully saturated rings. The molecule has 6 heteroatoms. The standard InChI is InChI=1S/C7H7BrN4O/c1-12-7(9)10-6(11-12)4-2-3-5(8)13-4/h2-3H,1H3,(H2,9,10,11). The van der Waals surface area contributed by atoms with Gasteiger partial charge in [0.05, 0.1) is 0 Å². The van der Waals surface area contributed by atoms with E-state index >= 15 is 0 Å². The molecule has 5 nitrogen and oxygen atoms in total. The molecule has 0 saturated heterocycles. The average molecular weight is 243 g/mol. The number of rotatable bonds is 1. The predicted molar refractivity (Wildman–Crippen MR) is 50.8 cm³/mol. The van der Waals surface area contributed by atoms with E-state index in [0.717, 1.165) is 0 Å². The number of nitrogens with zero attached hydrogens (tertiary/aromatic N) is 3. The minimum Gasteiger partial charge on any atom is -0.446 e. The maximum atomic E-state index is 5.52. The quantitative estimate of drug-likeness (QED) is 0.822. The van der Waals surface area contributed by atoms with Crippen molar-refractivity contribution in [1.82, 2.24) is 14.8 Å². The number of furan rings is 1. The van der Waals surface area contributed by atoms with Crippen LogP contribution in [0.1, 0.15) is 0 Å². The zero-order valence-electron chi connectivity index (χ0n) is 6.86. The van der Waals surface area contributed by atoms with Gasteiger partial charge in [0.15, 0.2) is 10.4 Å². The van der Waals surface area contributed by atoms with Crippen LogP contribution < -0.4 is 5.73 Å². The van der Waals surface area contributed by atoms with Crippen LogP contribution in [-0.2, 0) is 7.05 Å². The first-order valence-electron chi connectivity index (χ1n) is 3.59. The molecule has 0 aliphatic carbocycles. The molecule has 2 rings (SSSR count). The van der Waals surface area contributed by atoms with Crippen molar-refractivity contribution in [2.24, 2.45) is 7.05 Å². The van der Waals surface area contributed by atoms with E-state index in [2.05, 4.69) is 26.0 Å². The molecule has 0 spiro atoms. The molecular formula is C7H7BrN4O. The fourth-order valence-corrected chi connectivity index (χ4v) is 1.24. The summed E-state index contributed by atoms with van der Waals surface area (Å²) in [6, 6.07) is 3.56. The molecule has 0 aliphatic heterocycles. The molecule has 0 bridgehead atoms. The number of halogens is 1. The lowest BCUT2D eigenvalue weighted by atomic mass is 10.4. The summed E-state index contributed by atoms with van der Waals surface area (Å²) in [5.74, 6) is 1.45. The lowest BCUT2D eigenvalue weighted by Crippen LogP contribution is -1.97. The van der Waals surface area contributed by atoms with Gasteiger partial charge in [0.25, 0.3) is 0 Å². The summed E-state index contributed by atoms with van der Waals surface area (Å²) in [6.45, 7) is 0. The molecule has 0 saturated carbocycles. The number of hydrogen-bond donors (Lipinski definition) is 1. The number of aryl methyl sites for hydroxylation is 1. The van der Waals surface area contributed by atoms with Crippen LogP contribution in [0.5, 0.6) is 0 Å². The molecule has 2 aromatic rings. The minimum absolute atomic E-state index is 0.363. The SMILES string of the molecule is Cn1nc(-c2ccc(Br)o2)nc1N. The number of nitrogen functional groups attached to an aromatic ring is 1. The monoisotopic (exact) mass is 242 g/mol. The maximum Gasteiger partial charge on any atom is 0.218 e. The van der Waals surface area contributed by atoms with Crippen LogP contribution in [0.15, 0.2) is 21.2 Å². The summed E-state index contributed by atoms with van der Waals surface area (Å²) in [5.41, 5.74) is 5.52. The van der Waals surface area contributed by atoms with Crippen molar-refractivity contribution in [2.75, 3.05) is 5.73 Å². The molecule has 0 aromatic carbocycles. The Hall–Kier alpha value is -1.30. The van der Waals surface area contributed by atoms with E-state index in [4.69, 9.17) is 10.2 Å². The van der Waals surface area contributed by atoms with Gasteiger partial charge in [-0.2, -0.15) is 4.98 Å². The minimum atomic E-state index is 0.363. The van der Waals surface area contributed by atoms with Gasteiger partial charge in [-0.1, -0.05) is 0 Å². The molecule has 13 heavy (non-hydrogen) atoms. The molecule has 0 aliphatic rings. The largest absolute Gasteiger partial charge is 0.446 e. The van der Waals surface area contributed by atoms with Gasteiger partial charge in [0, 0.05) is 7.05 Å². The zero-order chi connectivity index (χ0) is 9.42. The van der Waals surface area contributed by atoms with Crippen molar-refractivity contribution in [3.8, 4) is 11.6 Å². The van der Waals surface area contributed by atoms with Crippen LogP contribution in [0.2, 0.25) is 0 Å². The zero-order valence-corrected chi connectivity index (χ0v) is 8.45. The predicted octanol–water partition coefficient (Wildman–Crippen LogP) is 1.42. The van der Waals surface area contributed by atoms with Crippen LogP contribution in [0, 0.1) is 0 Å². The summed E-state index contributed by atoms with van der Waals surface area (Å²) < 4.78 is 7.40. The van der Waals surface area contributed by atoms with Crippen LogP contribution in [0.4, 0.5) is 5.95 Å². The van der Waals surface area contributed by atoms with E-state index in [1.165, 1.54) is 4.68 Å². The third kappa shape index (κ3) is 1.44. The molecule has 0 unspecified atom stereocenters. The summed E-state index contributed by atoms with van der Waals surface area (Å²) in [5, 5.41) is 4.06. The van der Waals surface area contributed by atoms with Gasteiger partial charge in [-0.25, -0.2) is 4.68 Å². The van der Waals surface area contributed by atoms with E-state index in [9.17, 15) is 0 Å². The van der Waals surface area contributed by atoms with Crippen molar-refractivity contribution in [2.45, 2.75) is 0 Å². The Morgan fingerprint density at radius 3 is 2.77 bits per heavy atom. The third-order valence-electron chi connectivity index (χ3n) is 1.59. The fraction of sp³-hybridized carbons (Fsp3) is 0.143. The fourth-order valence-electron chi connectivity index (χ4n) is 0.935. The first kappa shape index (κ1) is 8.31. The topological polar surface area (TPSA) is 69.9 Å². The Morgan fingerprint density at radius 2 is 2.31 bits per heavy atom. The molecular weight excluding hydrogens is 236 g/mol.